The largest absolute Gasteiger partial charge is 0.490 e. The van der Waals surface area contributed by atoms with Gasteiger partial charge in [0.1, 0.15) is 0 Å². The third-order valence-corrected chi connectivity index (χ3v) is 3.57. The number of hydrogen-bond donors (Lipinski definition) is 1. The van der Waals surface area contributed by atoms with Gasteiger partial charge in [-0.25, -0.2) is 0 Å². The summed E-state index contributed by atoms with van der Waals surface area (Å²) in [4.78, 5) is 24.6. The molecule has 0 aliphatic carbocycles. The van der Waals surface area contributed by atoms with Crippen LogP contribution in [0.4, 0.5) is 11.4 Å². The van der Waals surface area contributed by atoms with Crippen molar-refractivity contribution in [2.45, 2.75) is 0 Å². The zero-order valence-electron chi connectivity index (χ0n) is 13.6. The van der Waals surface area contributed by atoms with Crippen molar-refractivity contribution in [3.63, 3.8) is 0 Å². The normalized spacial score (nSPS) is 10.1. The number of nitrogens with one attached hydrogen (secondary N) is 1. The van der Waals surface area contributed by atoms with Crippen molar-refractivity contribution >= 4 is 17.3 Å². The molecule has 126 valence electrons. The van der Waals surface area contributed by atoms with Gasteiger partial charge < -0.3 is 15.0 Å². The van der Waals surface area contributed by atoms with Crippen LogP contribution in [-0.2, 0) is 0 Å². The van der Waals surface area contributed by atoms with Gasteiger partial charge in [-0.05, 0) is 24.3 Å². The van der Waals surface area contributed by atoms with Gasteiger partial charge in [-0.3, -0.25) is 14.9 Å². The standard InChI is InChI=1S/C17H19N3O4/c1-19(14-6-4-3-5-7-14)11-10-18-17(21)13-8-9-16(24-2)15(12-13)20(22)23/h3-9,12H,10-11H2,1-2H3,(H,18,21). The number of carbonyl (C=O) groups is 1. The van der Waals surface area contributed by atoms with Gasteiger partial charge >= 0.3 is 5.69 Å². The summed E-state index contributed by atoms with van der Waals surface area (Å²) in [7, 11) is 3.28. The maximum atomic E-state index is 12.1. The molecule has 0 bridgehead atoms. The molecule has 0 radical (unpaired) electrons. The number of nitrogens with zero attached hydrogens (tertiary/aromatic N) is 2. The summed E-state index contributed by atoms with van der Waals surface area (Å²) in [5, 5.41) is 13.8. The fraction of sp³-hybridized carbons (Fsp3) is 0.235. The summed E-state index contributed by atoms with van der Waals surface area (Å²) in [6.07, 6.45) is 0. The van der Waals surface area contributed by atoms with Gasteiger partial charge in [0.15, 0.2) is 5.75 Å². The minimum Gasteiger partial charge on any atom is -0.490 e. The van der Waals surface area contributed by atoms with Crippen LogP contribution in [0.15, 0.2) is 48.5 Å². The summed E-state index contributed by atoms with van der Waals surface area (Å²) < 4.78 is 4.92. The molecule has 7 nitrogen and oxygen atoms in total. The van der Waals surface area contributed by atoms with Gasteiger partial charge in [-0.1, -0.05) is 18.2 Å². The molecule has 0 aliphatic heterocycles. The van der Waals surface area contributed by atoms with Crippen LogP contribution in [0.1, 0.15) is 10.4 Å². The van der Waals surface area contributed by atoms with Crippen molar-refractivity contribution in [3.05, 3.63) is 64.2 Å². The van der Waals surface area contributed by atoms with Crippen molar-refractivity contribution in [2.75, 3.05) is 32.1 Å². The number of benzene rings is 2. The molecule has 2 aromatic rings. The Hall–Kier alpha value is -3.09. The van der Waals surface area contributed by atoms with Crippen molar-refractivity contribution in [2.24, 2.45) is 0 Å². The molecule has 0 unspecified atom stereocenters. The topological polar surface area (TPSA) is 84.7 Å². The number of rotatable bonds is 7. The van der Waals surface area contributed by atoms with Gasteiger partial charge in [0.25, 0.3) is 5.91 Å². The molecule has 1 amide bonds. The Morgan fingerprint density at radius 3 is 2.58 bits per heavy atom. The number of likely N-dealkylation sites (N-methyl/N-ethyl adjacent to an activating group) is 1. The zero-order chi connectivity index (χ0) is 17.5. The average Bonchev–Trinajstić information content (AvgIpc) is 2.61. The molecule has 0 saturated heterocycles. The first-order valence-corrected chi connectivity index (χ1v) is 7.39. The highest BCUT2D eigenvalue weighted by Crippen LogP contribution is 2.27. The SMILES string of the molecule is COc1ccc(C(=O)NCCN(C)c2ccccc2)cc1[N+](=O)[O-]. The molecule has 2 rings (SSSR count). The van der Waals surface area contributed by atoms with Crippen LogP contribution in [0.5, 0.6) is 5.75 Å². The van der Waals surface area contributed by atoms with E-state index in [0.717, 1.165) is 5.69 Å². The Kier molecular flexibility index (Phi) is 5.73. The minimum atomic E-state index is -0.571. The smallest absolute Gasteiger partial charge is 0.311 e. The van der Waals surface area contributed by atoms with E-state index in [9.17, 15) is 14.9 Å². The van der Waals surface area contributed by atoms with E-state index in [-0.39, 0.29) is 22.9 Å². The lowest BCUT2D eigenvalue weighted by Crippen LogP contribution is -2.33. The van der Waals surface area contributed by atoms with Crippen LogP contribution in [0.3, 0.4) is 0 Å². The number of ether oxygens (including phenoxy) is 1. The Balaban J connectivity index is 1.95. The first-order valence-electron chi connectivity index (χ1n) is 7.39. The van der Waals surface area contributed by atoms with Gasteiger partial charge in [0.05, 0.1) is 12.0 Å². The highest BCUT2D eigenvalue weighted by molar-refractivity contribution is 5.95. The monoisotopic (exact) mass is 329 g/mol. The van der Waals surface area contributed by atoms with E-state index >= 15 is 0 Å². The maximum Gasteiger partial charge on any atom is 0.311 e. The third kappa shape index (κ3) is 4.22. The molecule has 24 heavy (non-hydrogen) atoms. The molecule has 1 N–H and O–H groups in total. The predicted molar refractivity (Wildman–Crippen MR) is 91.7 cm³/mol. The molecule has 0 heterocycles. The maximum absolute atomic E-state index is 12.1. The van der Waals surface area contributed by atoms with Gasteiger partial charge in [0, 0.05) is 37.5 Å². The Bertz CT molecular complexity index is 719. The Labute approximate surface area is 140 Å². The van der Waals surface area contributed by atoms with E-state index < -0.39 is 4.92 Å². The molecule has 0 atom stereocenters. The molecular weight excluding hydrogens is 310 g/mol. The summed E-state index contributed by atoms with van der Waals surface area (Å²) in [6.45, 7) is 1.04. The quantitative estimate of drug-likeness (QED) is 0.623. The van der Waals surface area contributed by atoms with Crippen molar-refractivity contribution in [1.82, 2.24) is 5.32 Å². The molecule has 0 fully saturated rings. The second kappa shape index (κ2) is 7.96. The van der Waals surface area contributed by atoms with Crippen LogP contribution < -0.4 is 15.0 Å². The molecule has 0 aliphatic rings. The molecule has 0 saturated carbocycles. The number of amides is 1. The van der Waals surface area contributed by atoms with Crippen LogP contribution in [0.2, 0.25) is 0 Å². The van der Waals surface area contributed by atoms with E-state index in [1.54, 1.807) is 0 Å². The summed E-state index contributed by atoms with van der Waals surface area (Å²) >= 11 is 0. The Morgan fingerprint density at radius 1 is 1.25 bits per heavy atom. The van der Waals surface area contributed by atoms with E-state index in [2.05, 4.69) is 5.32 Å². The second-order valence-corrected chi connectivity index (χ2v) is 5.16. The lowest BCUT2D eigenvalue weighted by atomic mass is 10.1. The number of hydrogen-bond acceptors (Lipinski definition) is 5. The lowest BCUT2D eigenvalue weighted by Gasteiger charge is -2.19. The van der Waals surface area contributed by atoms with Gasteiger partial charge in [0.2, 0.25) is 0 Å². The van der Waals surface area contributed by atoms with Crippen LogP contribution in [0.25, 0.3) is 0 Å². The third-order valence-electron chi connectivity index (χ3n) is 3.57. The summed E-state index contributed by atoms with van der Waals surface area (Å²) in [5.41, 5.74) is 1.04. The molecule has 2 aromatic carbocycles. The number of methoxy groups -OCH3 is 1. The number of nitro groups is 1. The predicted octanol–water partition coefficient (Wildman–Crippen LogP) is 2.47. The van der Waals surface area contributed by atoms with Gasteiger partial charge in [-0.15, -0.1) is 0 Å². The second-order valence-electron chi connectivity index (χ2n) is 5.16. The van der Waals surface area contributed by atoms with E-state index in [1.165, 1.54) is 25.3 Å². The Morgan fingerprint density at radius 2 is 1.96 bits per heavy atom. The van der Waals surface area contributed by atoms with Crippen molar-refractivity contribution < 1.29 is 14.5 Å². The average molecular weight is 329 g/mol. The molecule has 0 aromatic heterocycles. The van der Waals surface area contributed by atoms with Crippen LogP contribution in [-0.4, -0.2) is 38.1 Å². The van der Waals surface area contributed by atoms with E-state index in [4.69, 9.17) is 4.74 Å². The van der Waals surface area contributed by atoms with Crippen molar-refractivity contribution in [3.8, 4) is 5.75 Å². The highest BCUT2D eigenvalue weighted by atomic mass is 16.6. The first kappa shape index (κ1) is 17.3. The molecule has 0 spiro atoms. The molecule has 7 heteroatoms. The van der Waals surface area contributed by atoms with Crippen molar-refractivity contribution in [1.29, 1.82) is 0 Å². The van der Waals surface area contributed by atoms with Crippen LogP contribution in [0, 0.1) is 10.1 Å². The zero-order valence-corrected chi connectivity index (χ0v) is 13.6. The van der Waals surface area contributed by atoms with Gasteiger partial charge in [-0.2, -0.15) is 0 Å². The number of para-hydroxylation sites is 1. The minimum absolute atomic E-state index is 0.125. The summed E-state index contributed by atoms with van der Waals surface area (Å²) in [5.74, 6) is -0.234. The van der Waals surface area contributed by atoms with Crippen LogP contribution >= 0.6 is 0 Å². The first-order chi connectivity index (χ1) is 11.5. The lowest BCUT2D eigenvalue weighted by molar-refractivity contribution is -0.385. The fourth-order valence-corrected chi connectivity index (χ4v) is 2.22. The number of carbonyl (C=O) groups excluding carboxylic acids is 1. The summed E-state index contributed by atoms with van der Waals surface area (Å²) in [6, 6.07) is 13.9. The highest BCUT2D eigenvalue weighted by Gasteiger charge is 2.18. The number of nitro benzene ring substituents is 1. The van der Waals surface area contributed by atoms with E-state index in [0.29, 0.717) is 13.1 Å². The van der Waals surface area contributed by atoms with E-state index in [1.807, 2.05) is 42.3 Å². The number of anilines is 1. The fourth-order valence-electron chi connectivity index (χ4n) is 2.22. The molecular formula is C17H19N3O4.